The van der Waals surface area contributed by atoms with Crippen LogP contribution in [0.1, 0.15) is 28.1 Å². The van der Waals surface area contributed by atoms with Gasteiger partial charge in [0.1, 0.15) is 5.03 Å². The number of nitrogens with zero attached hydrogens (tertiary/aromatic N) is 2. The van der Waals surface area contributed by atoms with Crippen LogP contribution in [0.3, 0.4) is 0 Å². The molecule has 2 aromatic heterocycles. The Bertz CT molecular complexity index is 951. The van der Waals surface area contributed by atoms with Crippen LogP contribution < -0.4 is 5.69 Å². The van der Waals surface area contributed by atoms with Crippen LogP contribution in [0, 0.1) is 0 Å². The van der Waals surface area contributed by atoms with Crippen molar-refractivity contribution < 1.29 is 0 Å². The molecule has 1 aromatic carbocycles. The fraction of sp³-hybridized carbons (Fsp3) is 0.263. The Morgan fingerprint density at radius 1 is 1.20 bits per heavy atom. The molecule has 0 amide bonds. The Labute approximate surface area is 159 Å². The lowest BCUT2D eigenvalue weighted by atomic mass is 10.2. The molecule has 0 bridgehead atoms. The van der Waals surface area contributed by atoms with Gasteiger partial charge in [-0.3, -0.25) is 4.57 Å². The molecule has 0 unspecified atom stereocenters. The molecule has 2 heterocycles. The maximum atomic E-state index is 12.6. The van der Waals surface area contributed by atoms with Gasteiger partial charge in [-0.15, -0.1) is 23.1 Å². The van der Waals surface area contributed by atoms with Crippen molar-refractivity contribution in [1.82, 2.24) is 9.55 Å². The van der Waals surface area contributed by atoms with E-state index in [1.54, 1.807) is 23.1 Å². The van der Waals surface area contributed by atoms with Gasteiger partial charge < -0.3 is 0 Å². The second-order valence-electron chi connectivity index (χ2n) is 6.02. The van der Waals surface area contributed by atoms with Gasteiger partial charge in [-0.25, -0.2) is 4.79 Å². The molecule has 3 aromatic rings. The molecule has 0 saturated carbocycles. The Kier molecular flexibility index (Phi) is 4.97. The smallest absolute Gasteiger partial charge is 0.291 e. The van der Waals surface area contributed by atoms with E-state index < -0.39 is 0 Å². The second kappa shape index (κ2) is 7.36. The Balaban J connectivity index is 1.64. The molecule has 0 atom stereocenters. The Morgan fingerprint density at radius 3 is 2.88 bits per heavy atom. The van der Waals surface area contributed by atoms with E-state index in [2.05, 4.69) is 11.1 Å². The highest BCUT2D eigenvalue weighted by molar-refractivity contribution is 7.98. The minimum absolute atomic E-state index is 0.143. The Hall–Kier alpha value is -1.56. The molecule has 0 aliphatic heterocycles. The van der Waals surface area contributed by atoms with E-state index >= 15 is 0 Å². The summed E-state index contributed by atoms with van der Waals surface area (Å²) in [5, 5.41) is 3.68. The van der Waals surface area contributed by atoms with Crippen LogP contribution >= 0.6 is 34.7 Å². The second-order valence-corrected chi connectivity index (χ2v) is 8.43. The van der Waals surface area contributed by atoms with Crippen LogP contribution in [0.15, 0.2) is 51.6 Å². The van der Waals surface area contributed by atoms with Crippen molar-refractivity contribution in [2.75, 3.05) is 0 Å². The SMILES string of the molecule is O=c1nc(SCc2ccccc2Cl)c2c(n1Cc1cccs1)CCC2. The minimum Gasteiger partial charge on any atom is -0.291 e. The highest BCUT2D eigenvalue weighted by atomic mass is 35.5. The first-order chi connectivity index (χ1) is 12.2. The van der Waals surface area contributed by atoms with Crippen molar-refractivity contribution in [3.8, 4) is 0 Å². The van der Waals surface area contributed by atoms with E-state index in [1.165, 1.54) is 10.4 Å². The van der Waals surface area contributed by atoms with Crippen LogP contribution in [-0.4, -0.2) is 9.55 Å². The molecule has 1 aliphatic carbocycles. The van der Waals surface area contributed by atoms with Crippen LogP contribution in [0.5, 0.6) is 0 Å². The fourth-order valence-corrected chi connectivity index (χ4v) is 5.24. The lowest BCUT2D eigenvalue weighted by molar-refractivity contribution is 0.673. The molecule has 0 N–H and O–H groups in total. The first kappa shape index (κ1) is 16.9. The predicted octanol–water partition coefficient (Wildman–Crippen LogP) is 4.79. The van der Waals surface area contributed by atoms with Crippen LogP contribution in [0.25, 0.3) is 0 Å². The molecule has 3 nitrogen and oxygen atoms in total. The van der Waals surface area contributed by atoms with E-state index in [-0.39, 0.29) is 5.69 Å². The molecule has 6 heteroatoms. The number of benzene rings is 1. The molecule has 0 radical (unpaired) electrons. The summed E-state index contributed by atoms with van der Waals surface area (Å²) in [5.74, 6) is 0.730. The zero-order valence-corrected chi connectivity index (χ0v) is 16.0. The number of thioether (sulfide) groups is 1. The summed E-state index contributed by atoms with van der Waals surface area (Å²) in [6.45, 7) is 0.626. The van der Waals surface area contributed by atoms with Crippen molar-refractivity contribution in [2.45, 2.75) is 36.6 Å². The summed E-state index contributed by atoms with van der Waals surface area (Å²) >= 11 is 9.54. The van der Waals surface area contributed by atoms with Gasteiger partial charge in [-0.05, 0) is 42.3 Å². The van der Waals surface area contributed by atoms with Gasteiger partial charge >= 0.3 is 5.69 Å². The largest absolute Gasteiger partial charge is 0.349 e. The highest BCUT2D eigenvalue weighted by Gasteiger charge is 2.22. The van der Waals surface area contributed by atoms with Gasteiger partial charge in [0.2, 0.25) is 0 Å². The summed E-state index contributed by atoms with van der Waals surface area (Å²) in [7, 11) is 0. The minimum atomic E-state index is -0.143. The van der Waals surface area contributed by atoms with Crippen molar-refractivity contribution in [1.29, 1.82) is 0 Å². The standard InChI is InChI=1S/C19H17ClN2OS2/c20-16-8-2-1-5-13(16)12-25-18-15-7-3-9-17(15)22(19(23)21-18)11-14-6-4-10-24-14/h1-2,4-6,8,10H,3,7,9,11-12H2. The van der Waals surface area contributed by atoms with Gasteiger partial charge in [-0.1, -0.05) is 35.9 Å². The fourth-order valence-electron chi connectivity index (χ4n) is 3.19. The number of fused-ring (bicyclic) bond motifs is 1. The average molecular weight is 389 g/mol. The van der Waals surface area contributed by atoms with Gasteiger partial charge in [-0.2, -0.15) is 4.98 Å². The summed E-state index contributed by atoms with van der Waals surface area (Å²) in [5.41, 5.74) is 3.34. The topological polar surface area (TPSA) is 34.9 Å². The number of halogens is 1. The van der Waals surface area contributed by atoms with E-state index in [4.69, 9.17) is 11.6 Å². The van der Waals surface area contributed by atoms with E-state index in [1.807, 2.05) is 40.3 Å². The number of hydrogen-bond donors (Lipinski definition) is 0. The summed E-state index contributed by atoms with van der Waals surface area (Å²) in [4.78, 5) is 18.2. The maximum Gasteiger partial charge on any atom is 0.349 e. The number of aromatic nitrogens is 2. The molecular formula is C19H17ClN2OS2. The molecule has 0 fully saturated rings. The average Bonchev–Trinajstić information content (AvgIpc) is 3.28. The predicted molar refractivity (Wildman–Crippen MR) is 105 cm³/mol. The normalized spacial score (nSPS) is 13.2. The summed E-state index contributed by atoms with van der Waals surface area (Å²) in [6, 6.07) is 11.9. The molecule has 1 aliphatic rings. The van der Waals surface area contributed by atoms with Gasteiger partial charge in [0.15, 0.2) is 0 Å². The monoisotopic (exact) mass is 388 g/mol. The van der Waals surface area contributed by atoms with Crippen LogP contribution in [-0.2, 0) is 25.1 Å². The Morgan fingerprint density at radius 2 is 2.08 bits per heavy atom. The molecule has 25 heavy (non-hydrogen) atoms. The van der Waals surface area contributed by atoms with Gasteiger partial charge in [0.05, 0.1) is 6.54 Å². The molecule has 128 valence electrons. The van der Waals surface area contributed by atoms with Crippen molar-refractivity contribution >= 4 is 34.7 Å². The molecule has 4 rings (SSSR count). The zero-order chi connectivity index (χ0) is 17.2. The third-order valence-electron chi connectivity index (χ3n) is 4.42. The van der Waals surface area contributed by atoms with Crippen LogP contribution in [0.4, 0.5) is 0 Å². The quantitative estimate of drug-likeness (QED) is 0.465. The van der Waals surface area contributed by atoms with Gasteiger partial charge in [0, 0.05) is 26.9 Å². The van der Waals surface area contributed by atoms with Crippen molar-refractivity contribution in [3.63, 3.8) is 0 Å². The molecular weight excluding hydrogens is 372 g/mol. The first-order valence-electron chi connectivity index (χ1n) is 8.23. The lowest BCUT2D eigenvalue weighted by Crippen LogP contribution is -2.27. The number of hydrogen-bond acceptors (Lipinski definition) is 4. The summed E-state index contributed by atoms with van der Waals surface area (Å²) < 4.78 is 1.85. The van der Waals surface area contributed by atoms with E-state index in [0.29, 0.717) is 6.54 Å². The van der Waals surface area contributed by atoms with Gasteiger partial charge in [0.25, 0.3) is 0 Å². The van der Waals surface area contributed by atoms with E-state index in [0.717, 1.165) is 46.3 Å². The number of thiophene rings is 1. The highest BCUT2D eigenvalue weighted by Crippen LogP contribution is 2.32. The van der Waals surface area contributed by atoms with E-state index in [9.17, 15) is 4.79 Å². The molecule has 0 saturated heterocycles. The number of rotatable bonds is 5. The summed E-state index contributed by atoms with van der Waals surface area (Å²) in [6.07, 6.45) is 3.04. The maximum absolute atomic E-state index is 12.6. The van der Waals surface area contributed by atoms with Crippen molar-refractivity contribution in [2.24, 2.45) is 0 Å². The lowest BCUT2D eigenvalue weighted by Gasteiger charge is -2.13. The zero-order valence-electron chi connectivity index (χ0n) is 13.6. The third kappa shape index (κ3) is 3.54. The first-order valence-corrected chi connectivity index (χ1v) is 10.5. The molecule has 0 spiro atoms. The van der Waals surface area contributed by atoms with Crippen molar-refractivity contribution in [3.05, 3.63) is 79.0 Å². The third-order valence-corrected chi connectivity index (χ3v) is 6.71. The van der Waals surface area contributed by atoms with Crippen LogP contribution in [0.2, 0.25) is 5.02 Å².